The van der Waals surface area contributed by atoms with Crippen LogP contribution in [0, 0.1) is 6.92 Å². The van der Waals surface area contributed by atoms with Crippen LogP contribution in [0.1, 0.15) is 32.4 Å². The molecule has 0 aliphatic heterocycles. The quantitative estimate of drug-likeness (QED) is 0.794. The Hall–Kier alpha value is -0.940. The third-order valence-electron chi connectivity index (χ3n) is 2.42. The molecule has 0 spiro atoms. The van der Waals surface area contributed by atoms with Gasteiger partial charge in [-0.1, -0.05) is 13.8 Å². The number of aromatic nitrogens is 1. The highest BCUT2D eigenvalue weighted by atomic mass is 79.9. The van der Waals surface area contributed by atoms with E-state index in [9.17, 15) is 4.79 Å². The lowest BCUT2D eigenvalue weighted by atomic mass is 10.2. The lowest BCUT2D eigenvalue weighted by Gasteiger charge is -2.08. The number of hydrogen-bond acceptors (Lipinski definition) is 3. The van der Waals surface area contributed by atoms with Crippen LogP contribution in [0.4, 0.5) is 5.82 Å². The first-order valence-corrected chi connectivity index (χ1v) is 6.94. The van der Waals surface area contributed by atoms with Crippen molar-refractivity contribution in [1.29, 1.82) is 0 Å². The minimum absolute atomic E-state index is 0.00905. The highest BCUT2D eigenvalue weighted by Gasteiger charge is 2.04. The van der Waals surface area contributed by atoms with E-state index in [-0.39, 0.29) is 5.91 Å². The Kier molecular flexibility index (Phi) is 6.29. The van der Waals surface area contributed by atoms with Gasteiger partial charge in [0.25, 0.3) is 0 Å². The second-order valence-corrected chi connectivity index (χ2v) is 5.38. The normalized spacial score (nSPS) is 10.7. The van der Waals surface area contributed by atoms with Crippen LogP contribution in [-0.4, -0.2) is 23.5 Å². The average Bonchev–Trinajstić information content (AvgIpc) is 2.29. The van der Waals surface area contributed by atoms with Crippen molar-refractivity contribution >= 4 is 27.7 Å². The van der Waals surface area contributed by atoms with Gasteiger partial charge in [-0.15, -0.1) is 0 Å². The molecule has 0 atom stereocenters. The molecule has 0 aromatic carbocycles. The van der Waals surface area contributed by atoms with Gasteiger partial charge in [-0.25, -0.2) is 4.98 Å². The zero-order valence-corrected chi connectivity index (χ0v) is 12.7. The molecule has 0 radical (unpaired) electrons. The van der Waals surface area contributed by atoms with E-state index in [0.29, 0.717) is 18.3 Å². The maximum Gasteiger partial charge on any atom is 0.225 e. The van der Waals surface area contributed by atoms with E-state index < -0.39 is 0 Å². The van der Waals surface area contributed by atoms with Crippen molar-refractivity contribution in [2.75, 3.05) is 11.9 Å². The van der Waals surface area contributed by atoms with Gasteiger partial charge >= 0.3 is 0 Å². The minimum atomic E-state index is 0.00905. The van der Waals surface area contributed by atoms with E-state index in [1.807, 2.05) is 13.0 Å². The second-order valence-electron chi connectivity index (χ2n) is 4.52. The zero-order chi connectivity index (χ0) is 13.5. The summed E-state index contributed by atoms with van der Waals surface area (Å²) >= 11 is 3.38. The number of nitrogens with zero attached hydrogens (tertiary/aromatic N) is 1. The molecule has 4 nitrogen and oxygen atoms in total. The van der Waals surface area contributed by atoms with Gasteiger partial charge in [0, 0.05) is 16.9 Å². The van der Waals surface area contributed by atoms with Crippen molar-refractivity contribution in [1.82, 2.24) is 10.3 Å². The van der Waals surface area contributed by atoms with Crippen molar-refractivity contribution in [3.05, 3.63) is 22.3 Å². The average molecular weight is 314 g/mol. The number of carbonyl (C=O) groups excluding carboxylic acids is 1. The van der Waals surface area contributed by atoms with Crippen LogP contribution >= 0.6 is 15.9 Å². The molecule has 0 fully saturated rings. The van der Waals surface area contributed by atoms with Crippen molar-refractivity contribution in [2.24, 2.45) is 0 Å². The zero-order valence-electron chi connectivity index (χ0n) is 11.1. The van der Waals surface area contributed by atoms with E-state index in [4.69, 9.17) is 0 Å². The molecule has 5 heteroatoms. The highest BCUT2D eigenvalue weighted by molar-refractivity contribution is 9.10. The predicted molar refractivity (Wildman–Crippen MR) is 77.7 cm³/mol. The highest BCUT2D eigenvalue weighted by Crippen LogP contribution is 2.16. The first kappa shape index (κ1) is 15.1. The van der Waals surface area contributed by atoms with Crippen molar-refractivity contribution in [2.45, 2.75) is 39.7 Å². The summed E-state index contributed by atoms with van der Waals surface area (Å²) < 4.78 is 0.946. The Morgan fingerprint density at radius 1 is 1.44 bits per heavy atom. The van der Waals surface area contributed by atoms with E-state index in [1.54, 1.807) is 6.07 Å². The molecule has 0 bridgehead atoms. The van der Waals surface area contributed by atoms with E-state index >= 15 is 0 Å². The fraction of sp³-hybridized carbons (Fsp3) is 0.538. The van der Waals surface area contributed by atoms with Crippen LogP contribution in [0.15, 0.2) is 16.6 Å². The van der Waals surface area contributed by atoms with Gasteiger partial charge < -0.3 is 10.6 Å². The Morgan fingerprint density at radius 3 is 2.78 bits per heavy atom. The van der Waals surface area contributed by atoms with Crippen molar-refractivity contribution < 1.29 is 4.79 Å². The topological polar surface area (TPSA) is 54.0 Å². The number of aryl methyl sites for hydroxylation is 1. The number of hydrogen-bond donors (Lipinski definition) is 2. The van der Waals surface area contributed by atoms with Crippen LogP contribution < -0.4 is 10.6 Å². The summed E-state index contributed by atoms with van der Waals surface area (Å²) in [7, 11) is 0. The Balaban J connectivity index is 2.33. The molecule has 1 aromatic heterocycles. The van der Waals surface area contributed by atoms with Crippen LogP contribution in [-0.2, 0) is 4.79 Å². The Morgan fingerprint density at radius 2 is 2.17 bits per heavy atom. The van der Waals surface area contributed by atoms with Crippen molar-refractivity contribution in [3.8, 4) is 0 Å². The van der Waals surface area contributed by atoms with Crippen LogP contribution in [0.25, 0.3) is 0 Å². The number of halogens is 1. The number of amides is 1. The van der Waals surface area contributed by atoms with Gasteiger partial charge in [-0.05, 0) is 48.0 Å². The van der Waals surface area contributed by atoms with Gasteiger partial charge in [-0.3, -0.25) is 4.79 Å². The maximum absolute atomic E-state index is 11.7. The molecule has 1 heterocycles. The monoisotopic (exact) mass is 313 g/mol. The minimum Gasteiger partial charge on any atom is -0.315 e. The third-order valence-corrected chi connectivity index (χ3v) is 3.26. The van der Waals surface area contributed by atoms with Crippen LogP contribution in [0.2, 0.25) is 0 Å². The first-order chi connectivity index (χ1) is 8.49. The summed E-state index contributed by atoms with van der Waals surface area (Å²) in [5, 5.41) is 6.08. The van der Waals surface area contributed by atoms with E-state index in [1.165, 1.54) is 0 Å². The molecule has 100 valence electrons. The van der Waals surface area contributed by atoms with Gasteiger partial charge in [-0.2, -0.15) is 0 Å². The smallest absolute Gasteiger partial charge is 0.225 e. The molecule has 18 heavy (non-hydrogen) atoms. The SMILES string of the molecule is Cc1nc(NC(=O)CCCNC(C)C)ccc1Br. The largest absolute Gasteiger partial charge is 0.315 e. The summed E-state index contributed by atoms with van der Waals surface area (Å²) in [4.78, 5) is 15.9. The molecule has 0 aliphatic rings. The fourth-order valence-electron chi connectivity index (χ4n) is 1.46. The molecule has 0 saturated heterocycles. The summed E-state index contributed by atoms with van der Waals surface area (Å²) in [6, 6.07) is 4.14. The van der Waals surface area contributed by atoms with Crippen LogP contribution in [0.5, 0.6) is 0 Å². The van der Waals surface area contributed by atoms with Crippen LogP contribution in [0.3, 0.4) is 0 Å². The first-order valence-electron chi connectivity index (χ1n) is 6.15. The summed E-state index contributed by atoms with van der Waals surface area (Å²) in [5.41, 5.74) is 0.870. The molecular weight excluding hydrogens is 294 g/mol. The molecule has 1 rings (SSSR count). The number of anilines is 1. The number of rotatable bonds is 6. The summed E-state index contributed by atoms with van der Waals surface area (Å²) in [5.74, 6) is 0.618. The van der Waals surface area contributed by atoms with Gasteiger partial charge in [0.2, 0.25) is 5.91 Å². The van der Waals surface area contributed by atoms with Gasteiger partial charge in [0.15, 0.2) is 0 Å². The molecule has 2 N–H and O–H groups in total. The van der Waals surface area contributed by atoms with E-state index in [0.717, 1.165) is 23.1 Å². The maximum atomic E-state index is 11.7. The lowest BCUT2D eigenvalue weighted by Crippen LogP contribution is -2.24. The van der Waals surface area contributed by atoms with Crippen molar-refractivity contribution in [3.63, 3.8) is 0 Å². The third kappa shape index (κ3) is 5.60. The summed E-state index contributed by atoms with van der Waals surface area (Å²) in [6.45, 7) is 6.94. The van der Waals surface area contributed by atoms with Gasteiger partial charge in [0.05, 0.1) is 5.69 Å². The second kappa shape index (κ2) is 7.48. The molecule has 0 unspecified atom stereocenters. The van der Waals surface area contributed by atoms with E-state index in [2.05, 4.69) is 45.4 Å². The number of carbonyl (C=O) groups is 1. The molecule has 1 aromatic rings. The summed E-state index contributed by atoms with van der Waals surface area (Å²) in [6.07, 6.45) is 1.34. The number of nitrogens with one attached hydrogen (secondary N) is 2. The lowest BCUT2D eigenvalue weighted by molar-refractivity contribution is -0.116. The van der Waals surface area contributed by atoms with Gasteiger partial charge in [0.1, 0.15) is 5.82 Å². The Labute approximate surface area is 117 Å². The molecular formula is C13H20BrN3O. The molecule has 1 amide bonds. The standard InChI is InChI=1S/C13H20BrN3O/c1-9(2)15-8-4-5-13(18)17-12-7-6-11(14)10(3)16-12/h6-7,9,15H,4-5,8H2,1-3H3,(H,16,17,18). The Bertz CT molecular complexity index is 407. The molecule has 0 saturated carbocycles. The molecule has 0 aliphatic carbocycles. The fourth-order valence-corrected chi connectivity index (χ4v) is 1.68. The number of pyridine rings is 1. The predicted octanol–water partition coefficient (Wildman–Crippen LogP) is 2.87.